The minimum atomic E-state index is -0.100. The van der Waals surface area contributed by atoms with Crippen LogP contribution in [0, 0.1) is 0 Å². The normalized spacial score (nSPS) is 19.6. The zero-order valence-corrected chi connectivity index (χ0v) is 13.3. The predicted molar refractivity (Wildman–Crippen MR) is 86.3 cm³/mol. The molecule has 1 aliphatic heterocycles. The van der Waals surface area contributed by atoms with E-state index in [2.05, 4.69) is 46.7 Å². The van der Waals surface area contributed by atoms with Crippen LogP contribution in [0.4, 0.5) is 0 Å². The number of nitrogens with one attached hydrogen (secondary N) is 2. The summed E-state index contributed by atoms with van der Waals surface area (Å²) in [6.07, 6.45) is 1.31. The molecular formula is C17H25N3O2. The van der Waals surface area contributed by atoms with Crippen LogP contribution in [0.2, 0.25) is 0 Å². The molecule has 1 aromatic carbocycles. The Labute approximate surface area is 132 Å². The van der Waals surface area contributed by atoms with Gasteiger partial charge in [-0.05, 0) is 18.9 Å². The van der Waals surface area contributed by atoms with Crippen LogP contribution >= 0.6 is 0 Å². The van der Waals surface area contributed by atoms with Gasteiger partial charge in [0.05, 0.1) is 0 Å². The molecule has 0 spiro atoms. The fourth-order valence-corrected chi connectivity index (χ4v) is 2.85. The molecule has 2 amide bonds. The minimum Gasteiger partial charge on any atom is -0.356 e. The van der Waals surface area contributed by atoms with Gasteiger partial charge in [-0.1, -0.05) is 30.3 Å². The summed E-state index contributed by atoms with van der Waals surface area (Å²) in [4.78, 5) is 25.0. The fourth-order valence-electron chi connectivity index (χ4n) is 2.85. The second-order valence-corrected chi connectivity index (χ2v) is 5.87. The van der Waals surface area contributed by atoms with Crippen LogP contribution in [0.1, 0.15) is 38.3 Å². The van der Waals surface area contributed by atoms with Crippen molar-refractivity contribution in [1.82, 2.24) is 15.5 Å². The van der Waals surface area contributed by atoms with E-state index in [1.807, 2.05) is 6.07 Å². The molecule has 5 heteroatoms. The molecule has 5 nitrogen and oxygen atoms in total. The van der Waals surface area contributed by atoms with Crippen molar-refractivity contribution in [3.05, 3.63) is 35.9 Å². The molecule has 1 aliphatic rings. The van der Waals surface area contributed by atoms with Crippen LogP contribution in [0.25, 0.3) is 0 Å². The van der Waals surface area contributed by atoms with Gasteiger partial charge in [-0.25, -0.2) is 0 Å². The molecule has 1 fully saturated rings. The molecule has 2 atom stereocenters. The first-order chi connectivity index (χ1) is 10.6. The van der Waals surface area contributed by atoms with Gasteiger partial charge >= 0.3 is 0 Å². The van der Waals surface area contributed by atoms with E-state index >= 15 is 0 Å². The Morgan fingerprint density at radius 1 is 1.32 bits per heavy atom. The maximum absolute atomic E-state index is 11.8. The standard InChI is InChI=1S/C17H25N3O2/c1-13(15-6-4-3-5-7-15)20-11-9-16(12-20)19-17(22)8-10-18-14(2)21/h3-7,13,16H,8-12H2,1-2H3,(H,18,21)(H,19,22)/t13-,16+/m0/s1. The summed E-state index contributed by atoms with van der Waals surface area (Å²) >= 11 is 0. The summed E-state index contributed by atoms with van der Waals surface area (Å²) in [6.45, 7) is 5.93. The highest BCUT2D eigenvalue weighted by molar-refractivity contribution is 5.78. The van der Waals surface area contributed by atoms with Crippen molar-refractivity contribution in [2.45, 2.75) is 38.8 Å². The SMILES string of the molecule is CC(=O)NCCC(=O)N[C@@H]1CCN([C@@H](C)c2ccccc2)C1. The lowest BCUT2D eigenvalue weighted by Gasteiger charge is -2.24. The predicted octanol–water partition coefficient (Wildman–Crippen LogP) is 1.46. The maximum atomic E-state index is 11.8. The summed E-state index contributed by atoms with van der Waals surface area (Å²) in [6, 6.07) is 11.0. The van der Waals surface area contributed by atoms with Gasteiger partial charge in [0.25, 0.3) is 0 Å². The van der Waals surface area contributed by atoms with Gasteiger partial charge in [0.2, 0.25) is 11.8 Å². The summed E-state index contributed by atoms with van der Waals surface area (Å²) in [7, 11) is 0. The average Bonchev–Trinajstić information content (AvgIpc) is 2.95. The fraction of sp³-hybridized carbons (Fsp3) is 0.529. The summed E-state index contributed by atoms with van der Waals surface area (Å²) < 4.78 is 0. The van der Waals surface area contributed by atoms with Gasteiger partial charge in [-0.3, -0.25) is 14.5 Å². The van der Waals surface area contributed by atoms with Gasteiger partial charge < -0.3 is 10.6 Å². The Morgan fingerprint density at radius 2 is 2.05 bits per heavy atom. The lowest BCUT2D eigenvalue weighted by Crippen LogP contribution is -2.39. The highest BCUT2D eigenvalue weighted by Crippen LogP contribution is 2.24. The smallest absolute Gasteiger partial charge is 0.222 e. The maximum Gasteiger partial charge on any atom is 0.222 e. The van der Waals surface area contributed by atoms with Crippen LogP contribution in [0.5, 0.6) is 0 Å². The molecule has 1 saturated heterocycles. The largest absolute Gasteiger partial charge is 0.356 e. The van der Waals surface area contributed by atoms with E-state index in [1.165, 1.54) is 12.5 Å². The Hall–Kier alpha value is -1.88. The van der Waals surface area contributed by atoms with Crippen LogP contribution in [-0.4, -0.2) is 42.4 Å². The molecule has 120 valence electrons. The first-order valence-corrected chi connectivity index (χ1v) is 7.89. The van der Waals surface area contributed by atoms with Crippen molar-refractivity contribution in [3.63, 3.8) is 0 Å². The number of likely N-dealkylation sites (tertiary alicyclic amines) is 1. The topological polar surface area (TPSA) is 61.4 Å². The third kappa shape index (κ3) is 4.84. The molecule has 0 aromatic heterocycles. The third-order valence-corrected chi connectivity index (χ3v) is 4.14. The van der Waals surface area contributed by atoms with Crippen molar-refractivity contribution >= 4 is 11.8 Å². The Balaban J connectivity index is 1.75. The van der Waals surface area contributed by atoms with Gasteiger partial charge in [0.1, 0.15) is 0 Å². The van der Waals surface area contributed by atoms with E-state index in [0.29, 0.717) is 19.0 Å². The number of amides is 2. The van der Waals surface area contributed by atoms with E-state index in [-0.39, 0.29) is 17.9 Å². The Bertz CT molecular complexity index is 504. The Kier molecular flexibility index (Phi) is 5.95. The van der Waals surface area contributed by atoms with Gasteiger partial charge in [-0.15, -0.1) is 0 Å². The van der Waals surface area contributed by atoms with E-state index < -0.39 is 0 Å². The zero-order chi connectivity index (χ0) is 15.9. The van der Waals surface area contributed by atoms with Crippen LogP contribution < -0.4 is 10.6 Å². The van der Waals surface area contributed by atoms with Gasteiger partial charge in [-0.2, -0.15) is 0 Å². The first-order valence-electron chi connectivity index (χ1n) is 7.89. The molecule has 22 heavy (non-hydrogen) atoms. The highest BCUT2D eigenvalue weighted by atomic mass is 16.2. The number of carbonyl (C=O) groups excluding carboxylic acids is 2. The molecule has 0 radical (unpaired) electrons. The van der Waals surface area contributed by atoms with Gasteiger partial charge in [0.15, 0.2) is 0 Å². The van der Waals surface area contributed by atoms with Crippen molar-refractivity contribution < 1.29 is 9.59 Å². The molecule has 1 aromatic rings. The van der Waals surface area contributed by atoms with E-state index in [9.17, 15) is 9.59 Å². The van der Waals surface area contributed by atoms with E-state index in [0.717, 1.165) is 19.5 Å². The van der Waals surface area contributed by atoms with Crippen molar-refractivity contribution in [2.75, 3.05) is 19.6 Å². The molecule has 0 saturated carbocycles. The quantitative estimate of drug-likeness (QED) is 0.836. The van der Waals surface area contributed by atoms with Gasteiger partial charge in [0, 0.05) is 45.1 Å². The van der Waals surface area contributed by atoms with Crippen molar-refractivity contribution in [3.8, 4) is 0 Å². The molecule has 0 unspecified atom stereocenters. The lowest BCUT2D eigenvalue weighted by atomic mass is 10.1. The van der Waals surface area contributed by atoms with Crippen LogP contribution in [0.3, 0.4) is 0 Å². The second-order valence-electron chi connectivity index (χ2n) is 5.87. The Morgan fingerprint density at radius 3 is 2.73 bits per heavy atom. The average molecular weight is 303 g/mol. The summed E-state index contributed by atoms with van der Waals surface area (Å²) in [5.74, 6) is -0.0931. The molecule has 0 aliphatic carbocycles. The van der Waals surface area contributed by atoms with Crippen molar-refractivity contribution in [1.29, 1.82) is 0 Å². The zero-order valence-electron chi connectivity index (χ0n) is 13.3. The first kappa shape index (κ1) is 16.5. The molecule has 2 rings (SSSR count). The van der Waals surface area contributed by atoms with Crippen LogP contribution in [-0.2, 0) is 9.59 Å². The highest BCUT2D eigenvalue weighted by Gasteiger charge is 2.27. The number of benzene rings is 1. The number of hydrogen-bond donors (Lipinski definition) is 2. The second kappa shape index (κ2) is 7.94. The molecule has 2 N–H and O–H groups in total. The molecule has 1 heterocycles. The third-order valence-electron chi connectivity index (χ3n) is 4.14. The number of hydrogen-bond acceptors (Lipinski definition) is 3. The summed E-state index contributed by atoms with van der Waals surface area (Å²) in [5.41, 5.74) is 1.31. The molecule has 0 bridgehead atoms. The van der Waals surface area contributed by atoms with Crippen LogP contribution in [0.15, 0.2) is 30.3 Å². The lowest BCUT2D eigenvalue weighted by molar-refractivity contribution is -0.122. The van der Waals surface area contributed by atoms with E-state index in [4.69, 9.17) is 0 Å². The number of nitrogens with zero attached hydrogens (tertiary/aromatic N) is 1. The van der Waals surface area contributed by atoms with E-state index in [1.54, 1.807) is 0 Å². The number of carbonyl (C=O) groups is 2. The van der Waals surface area contributed by atoms with Crippen molar-refractivity contribution in [2.24, 2.45) is 0 Å². The summed E-state index contributed by atoms with van der Waals surface area (Å²) in [5, 5.41) is 5.70. The monoisotopic (exact) mass is 303 g/mol. The molecular weight excluding hydrogens is 278 g/mol. The minimum absolute atomic E-state index is 0.00737. The number of rotatable bonds is 6.